The Labute approximate surface area is 210 Å². The topological polar surface area (TPSA) is 64.8 Å². The number of hydrogen-bond acceptors (Lipinski definition) is 5. The number of guanidine groups is 1. The molecule has 0 radical (unpaired) electrons. The van der Waals surface area contributed by atoms with Crippen molar-refractivity contribution in [3.8, 4) is 0 Å². The highest BCUT2D eigenvalue weighted by molar-refractivity contribution is 14.0. The largest absolute Gasteiger partial charge is 0.357 e. The molecule has 9 heteroatoms. The van der Waals surface area contributed by atoms with Gasteiger partial charge >= 0.3 is 0 Å². The molecule has 32 heavy (non-hydrogen) atoms. The minimum absolute atomic E-state index is 0. The van der Waals surface area contributed by atoms with Gasteiger partial charge in [0.2, 0.25) is 0 Å². The molecule has 0 amide bonds. The quantitative estimate of drug-likeness (QED) is 0.323. The first kappa shape index (κ1) is 26.4. The summed E-state index contributed by atoms with van der Waals surface area (Å²) in [4.78, 5) is 16.4. The van der Waals surface area contributed by atoms with Gasteiger partial charge in [-0.25, -0.2) is 9.98 Å². The normalized spacial score (nSPS) is 15.1. The standard InChI is InChI=1S/C23H38N8.HI/c1-7-24-23(29(5)16-20-17-30(6)27-22(20)18(2)3)26-15-19-8-9-21(25-14-19)31-12-10-28(4)11-13-31;/h8-9,14,17-18H,7,10-13,15-16H2,1-6H3,(H,24,26);1H. The molecule has 3 heterocycles. The molecule has 178 valence electrons. The Bertz CT molecular complexity index is 853. The van der Waals surface area contributed by atoms with Crippen LogP contribution in [0, 0.1) is 0 Å². The first-order valence-electron chi connectivity index (χ1n) is 11.3. The number of nitrogens with one attached hydrogen (secondary N) is 1. The van der Waals surface area contributed by atoms with Crippen molar-refractivity contribution in [2.75, 3.05) is 51.7 Å². The Morgan fingerprint density at radius 1 is 1.19 bits per heavy atom. The molecule has 0 aliphatic carbocycles. The molecule has 1 saturated heterocycles. The number of likely N-dealkylation sites (N-methyl/N-ethyl adjacent to an activating group) is 1. The molecular weight excluding hydrogens is 515 g/mol. The van der Waals surface area contributed by atoms with E-state index in [-0.39, 0.29) is 24.0 Å². The lowest BCUT2D eigenvalue weighted by atomic mass is 10.1. The maximum Gasteiger partial charge on any atom is 0.194 e. The summed E-state index contributed by atoms with van der Waals surface area (Å²) < 4.78 is 1.90. The molecule has 0 spiro atoms. The van der Waals surface area contributed by atoms with Crippen LogP contribution in [0.4, 0.5) is 5.82 Å². The van der Waals surface area contributed by atoms with E-state index < -0.39 is 0 Å². The van der Waals surface area contributed by atoms with Gasteiger partial charge in [-0.15, -0.1) is 24.0 Å². The van der Waals surface area contributed by atoms with Crippen molar-refractivity contribution in [1.82, 2.24) is 29.9 Å². The van der Waals surface area contributed by atoms with E-state index in [4.69, 9.17) is 9.98 Å². The van der Waals surface area contributed by atoms with Crippen LogP contribution in [-0.4, -0.2) is 77.3 Å². The van der Waals surface area contributed by atoms with Crippen molar-refractivity contribution in [3.05, 3.63) is 41.3 Å². The molecule has 3 rings (SSSR count). The van der Waals surface area contributed by atoms with Crippen molar-refractivity contribution in [1.29, 1.82) is 0 Å². The zero-order chi connectivity index (χ0) is 22.4. The van der Waals surface area contributed by atoms with Gasteiger partial charge in [0.25, 0.3) is 0 Å². The lowest BCUT2D eigenvalue weighted by molar-refractivity contribution is 0.312. The number of nitrogens with zero attached hydrogens (tertiary/aromatic N) is 7. The Morgan fingerprint density at radius 3 is 2.50 bits per heavy atom. The lowest BCUT2D eigenvalue weighted by Crippen LogP contribution is -2.44. The highest BCUT2D eigenvalue weighted by Gasteiger charge is 2.16. The first-order valence-corrected chi connectivity index (χ1v) is 11.3. The third kappa shape index (κ3) is 7.06. The summed E-state index contributed by atoms with van der Waals surface area (Å²) in [5.74, 6) is 2.35. The van der Waals surface area contributed by atoms with E-state index in [0.29, 0.717) is 12.5 Å². The second-order valence-electron chi connectivity index (χ2n) is 8.71. The van der Waals surface area contributed by atoms with Crippen LogP contribution in [0.3, 0.4) is 0 Å². The minimum Gasteiger partial charge on any atom is -0.357 e. The van der Waals surface area contributed by atoms with Gasteiger partial charge in [0.05, 0.1) is 12.2 Å². The smallest absolute Gasteiger partial charge is 0.194 e. The van der Waals surface area contributed by atoms with E-state index in [1.54, 1.807) is 0 Å². The first-order chi connectivity index (χ1) is 14.9. The average molecular weight is 555 g/mol. The van der Waals surface area contributed by atoms with Crippen LogP contribution in [0.1, 0.15) is 43.5 Å². The SMILES string of the molecule is CCNC(=NCc1ccc(N2CCN(C)CC2)nc1)N(C)Cc1cn(C)nc1C(C)C.I. The number of hydrogen-bond donors (Lipinski definition) is 1. The fraction of sp³-hybridized carbons (Fsp3) is 0.609. The van der Waals surface area contributed by atoms with Gasteiger partial charge in [-0.05, 0) is 31.5 Å². The third-order valence-electron chi connectivity index (χ3n) is 5.64. The average Bonchev–Trinajstić information content (AvgIpc) is 3.12. The summed E-state index contributed by atoms with van der Waals surface area (Å²) in [7, 11) is 6.23. The van der Waals surface area contributed by atoms with Crippen LogP contribution in [0.5, 0.6) is 0 Å². The molecule has 0 saturated carbocycles. The monoisotopic (exact) mass is 554 g/mol. The summed E-state index contributed by atoms with van der Waals surface area (Å²) in [6.07, 6.45) is 4.06. The lowest BCUT2D eigenvalue weighted by Gasteiger charge is -2.33. The van der Waals surface area contributed by atoms with Crippen LogP contribution >= 0.6 is 24.0 Å². The third-order valence-corrected chi connectivity index (χ3v) is 5.64. The molecule has 0 unspecified atom stereocenters. The molecule has 1 aliphatic heterocycles. The predicted molar refractivity (Wildman–Crippen MR) is 143 cm³/mol. The van der Waals surface area contributed by atoms with Gasteiger partial charge in [-0.2, -0.15) is 5.10 Å². The van der Waals surface area contributed by atoms with Gasteiger partial charge in [0.15, 0.2) is 5.96 Å². The highest BCUT2D eigenvalue weighted by atomic mass is 127. The molecule has 0 aromatic carbocycles. The number of anilines is 1. The summed E-state index contributed by atoms with van der Waals surface area (Å²) in [5.41, 5.74) is 3.50. The van der Waals surface area contributed by atoms with Gasteiger partial charge in [-0.1, -0.05) is 19.9 Å². The Kier molecular flexibility index (Phi) is 10.2. The molecule has 0 bridgehead atoms. The molecule has 1 aliphatic rings. The van der Waals surface area contributed by atoms with Crippen LogP contribution in [-0.2, 0) is 20.1 Å². The molecule has 1 fully saturated rings. The van der Waals surface area contributed by atoms with Crippen molar-refractivity contribution in [2.45, 2.75) is 39.8 Å². The van der Waals surface area contributed by atoms with Crippen molar-refractivity contribution < 1.29 is 0 Å². The van der Waals surface area contributed by atoms with Gasteiger partial charge in [-0.3, -0.25) is 4.68 Å². The molecule has 8 nitrogen and oxygen atoms in total. The summed E-state index contributed by atoms with van der Waals surface area (Å²) in [5, 5.41) is 8.04. The van der Waals surface area contributed by atoms with Crippen LogP contribution in [0.15, 0.2) is 29.5 Å². The van der Waals surface area contributed by atoms with Gasteiger partial charge in [0, 0.05) is 71.3 Å². The molecular formula is C23H39IN8. The van der Waals surface area contributed by atoms with E-state index in [9.17, 15) is 0 Å². The van der Waals surface area contributed by atoms with Gasteiger partial charge < -0.3 is 20.0 Å². The van der Waals surface area contributed by atoms with Crippen molar-refractivity contribution in [2.24, 2.45) is 12.0 Å². The molecule has 2 aromatic heterocycles. The maximum absolute atomic E-state index is 4.86. The van der Waals surface area contributed by atoms with Crippen LogP contribution in [0.2, 0.25) is 0 Å². The zero-order valence-corrected chi connectivity index (χ0v) is 22.7. The molecule has 0 atom stereocenters. The van der Waals surface area contributed by atoms with E-state index in [0.717, 1.165) is 62.3 Å². The Balaban J connectivity index is 0.00000363. The second-order valence-corrected chi connectivity index (χ2v) is 8.71. The fourth-order valence-corrected chi connectivity index (χ4v) is 3.86. The number of rotatable bonds is 7. The minimum atomic E-state index is 0. The van der Waals surface area contributed by atoms with E-state index >= 15 is 0 Å². The summed E-state index contributed by atoms with van der Waals surface area (Å²) in [6.45, 7) is 12.9. The van der Waals surface area contributed by atoms with Crippen LogP contribution in [0.25, 0.3) is 0 Å². The van der Waals surface area contributed by atoms with E-state index in [1.165, 1.54) is 5.56 Å². The van der Waals surface area contributed by atoms with Crippen molar-refractivity contribution >= 4 is 35.8 Å². The second kappa shape index (κ2) is 12.4. The maximum atomic E-state index is 4.86. The Morgan fingerprint density at radius 2 is 1.91 bits per heavy atom. The number of aromatic nitrogens is 3. The predicted octanol–water partition coefficient (Wildman–Crippen LogP) is 2.91. The zero-order valence-electron chi connectivity index (χ0n) is 20.4. The number of aliphatic imine (C=N–C) groups is 1. The van der Waals surface area contributed by atoms with Crippen LogP contribution < -0.4 is 10.2 Å². The summed E-state index contributed by atoms with van der Waals surface area (Å²) in [6, 6.07) is 4.27. The molecule has 1 N–H and O–H groups in total. The number of piperazine rings is 1. The number of aryl methyl sites for hydroxylation is 1. The number of pyridine rings is 1. The van der Waals surface area contributed by atoms with E-state index in [1.807, 2.05) is 17.9 Å². The van der Waals surface area contributed by atoms with Crippen molar-refractivity contribution in [3.63, 3.8) is 0 Å². The highest BCUT2D eigenvalue weighted by Crippen LogP contribution is 2.19. The Hall–Kier alpha value is -1.88. The molecule has 2 aromatic rings. The van der Waals surface area contributed by atoms with Gasteiger partial charge in [0.1, 0.15) is 5.82 Å². The number of halogens is 1. The fourth-order valence-electron chi connectivity index (χ4n) is 3.86. The van der Waals surface area contributed by atoms with E-state index in [2.05, 4.69) is 78.3 Å². The summed E-state index contributed by atoms with van der Waals surface area (Å²) >= 11 is 0.